The van der Waals surface area contributed by atoms with Gasteiger partial charge in [0.05, 0.1) is 11.2 Å². The Morgan fingerprint density at radius 3 is 2.63 bits per heavy atom. The minimum atomic E-state index is 0.731. The maximum absolute atomic E-state index is 5.01. The van der Waals surface area contributed by atoms with Crippen LogP contribution in [0.15, 0.2) is 48.9 Å². The molecule has 9 heteroatoms. The van der Waals surface area contributed by atoms with Gasteiger partial charge in [-0.3, -0.25) is 15.0 Å². The highest BCUT2D eigenvalue weighted by molar-refractivity contribution is 5.96. The lowest BCUT2D eigenvalue weighted by Crippen LogP contribution is -2.44. The number of fused-ring (bicyclic) bond motifs is 2. The first kappa shape index (κ1) is 23.3. The molecule has 194 valence electrons. The second-order valence-electron chi connectivity index (χ2n) is 10.7. The lowest BCUT2D eigenvalue weighted by molar-refractivity contribution is 0.220. The molecule has 1 aromatic carbocycles. The summed E-state index contributed by atoms with van der Waals surface area (Å²) in [5.74, 6) is 0.731. The number of pyridine rings is 2. The van der Waals surface area contributed by atoms with Crippen LogP contribution in [-0.4, -0.2) is 86.2 Å². The molecule has 0 unspecified atom stereocenters. The molecule has 2 N–H and O–H groups in total. The zero-order valence-corrected chi connectivity index (χ0v) is 21.8. The Labute approximate surface area is 221 Å². The van der Waals surface area contributed by atoms with E-state index >= 15 is 0 Å². The fraction of sp³-hybridized carbons (Fsp3) is 0.379. The molecule has 38 heavy (non-hydrogen) atoms. The van der Waals surface area contributed by atoms with Gasteiger partial charge >= 0.3 is 0 Å². The number of nitrogens with one attached hydrogen (secondary N) is 2. The summed E-state index contributed by atoms with van der Waals surface area (Å²) in [6, 6.07) is 10.8. The largest absolute Gasteiger partial charge is 0.367 e. The van der Waals surface area contributed by atoms with Crippen LogP contribution < -0.4 is 4.90 Å². The number of piperidine rings is 1. The van der Waals surface area contributed by atoms with Crippen LogP contribution in [0.3, 0.4) is 0 Å². The molecule has 5 aromatic rings. The van der Waals surface area contributed by atoms with Gasteiger partial charge in [0.15, 0.2) is 11.5 Å². The first-order chi connectivity index (χ1) is 18.7. The van der Waals surface area contributed by atoms with E-state index in [1.165, 1.54) is 37.9 Å². The van der Waals surface area contributed by atoms with Crippen LogP contribution in [0.25, 0.3) is 44.7 Å². The molecule has 0 atom stereocenters. The molecule has 0 spiro atoms. The van der Waals surface area contributed by atoms with Gasteiger partial charge in [0.2, 0.25) is 0 Å². The Bertz CT molecular complexity index is 1570. The van der Waals surface area contributed by atoms with Crippen molar-refractivity contribution in [2.24, 2.45) is 0 Å². The first-order valence-corrected chi connectivity index (χ1v) is 13.6. The lowest BCUT2D eigenvalue weighted by Gasteiger charge is -2.33. The Kier molecular flexibility index (Phi) is 6.02. The number of benzene rings is 1. The maximum atomic E-state index is 5.01. The second-order valence-corrected chi connectivity index (χ2v) is 10.7. The van der Waals surface area contributed by atoms with Crippen molar-refractivity contribution in [2.45, 2.75) is 25.8 Å². The normalized spacial score (nSPS) is 17.6. The molecule has 0 radical (unpaired) electrons. The molecule has 2 fully saturated rings. The molecule has 0 saturated carbocycles. The number of H-pyrrole nitrogens is 2. The van der Waals surface area contributed by atoms with E-state index in [1.54, 1.807) is 0 Å². The molecule has 2 aliphatic rings. The zero-order chi connectivity index (χ0) is 25.5. The van der Waals surface area contributed by atoms with Gasteiger partial charge in [-0.2, -0.15) is 5.10 Å². The average Bonchev–Trinajstić information content (AvgIpc) is 3.58. The number of likely N-dealkylation sites (N-methyl/N-ethyl adjacent to an activating group) is 1. The SMILES string of the molecule is CN1CCN(c2ccnc3[nH]c(-c4n[nH]c5ccc(-c6cncc(CN7CCCCC7)c6)cc45)nc23)CC1. The summed E-state index contributed by atoms with van der Waals surface area (Å²) in [6.45, 7) is 7.37. The summed E-state index contributed by atoms with van der Waals surface area (Å²) >= 11 is 0. The molecule has 6 heterocycles. The minimum Gasteiger partial charge on any atom is -0.367 e. The number of rotatable bonds is 5. The Morgan fingerprint density at radius 2 is 1.76 bits per heavy atom. The van der Waals surface area contributed by atoms with Crippen molar-refractivity contribution in [1.29, 1.82) is 0 Å². The Balaban J connectivity index is 1.22. The van der Waals surface area contributed by atoms with E-state index in [1.807, 2.05) is 18.6 Å². The number of piperazine rings is 1. The number of anilines is 1. The minimum absolute atomic E-state index is 0.731. The van der Waals surface area contributed by atoms with Crippen molar-refractivity contribution in [3.05, 3.63) is 54.5 Å². The monoisotopic (exact) mass is 507 g/mol. The van der Waals surface area contributed by atoms with E-state index in [0.29, 0.717) is 0 Å². The molecular weight excluding hydrogens is 474 g/mol. The van der Waals surface area contributed by atoms with Crippen molar-refractivity contribution in [2.75, 3.05) is 51.2 Å². The van der Waals surface area contributed by atoms with Crippen LogP contribution in [0.2, 0.25) is 0 Å². The smallest absolute Gasteiger partial charge is 0.161 e. The third kappa shape index (κ3) is 4.41. The van der Waals surface area contributed by atoms with Gasteiger partial charge in [0.1, 0.15) is 11.2 Å². The summed E-state index contributed by atoms with van der Waals surface area (Å²) in [6.07, 6.45) is 9.75. The molecule has 4 aromatic heterocycles. The quantitative estimate of drug-likeness (QED) is 0.366. The van der Waals surface area contributed by atoms with E-state index in [2.05, 4.69) is 77.2 Å². The van der Waals surface area contributed by atoms with E-state index in [4.69, 9.17) is 4.98 Å². The van der Waals surface area contributed by atoms with Crippen molar-refractivity contribution in [3.8, 4) is 22.6 Å². The van der Waals surface area contributed by atoms with E-state index in [-0.39, 0.29) is 0 Å². The highest BCUT2D eigenvalue weighted by Gasteiger charge is 2.21. The highest BCUT2D eigenvalue weighted by atomic mass is 15.3. The van der Waals surface area contributed by atoms with E-state index in [0.717, 1.165) is 83.1 Å². The van der Waals surface area contributed by atoms with Crippen molar-refractivity contribution in [1.82, 2.24) is 39.9 Å². The number of likely N-dealkylation sites (tertiary alicyclic amines) is 1. The molecule has 0 bridgehead atoms. The van der Waals surface area contributed by atoms with Crippen molar-refractivity contribution >= 4 is 27.8 Å². The van der Waals surface area contributed by atoms with Gasteiger partial charge in [0, 0.05) is 62.3 Å². The van der Waals surface area contributed by atoms with Gasteiger partial charge in [0.25, 0.3) is 0 Å². The molecule has 9 nitrogen and oxygen atoms in total. The number of nitrogens with zero attached hydrogens (tertiary/aromatic N) is 7. The average molecular weight is 508 g/mol. The van der Waals surface area contributed by atoms with Gasteiger partial charge in [-0.25, -0.2) is 9.97 Å². The van der Waals surface area contributed by atoms with Crippen LogP contribution in [0.1, 0.15) is 24.8 Å². The van der Waals surface area contributed by atoms with E-state index in [9.17, 15) is 0 Å². The lowest BCUT2D eigenvalue weighted by atomic mass is 10.0. The number of aromatic nitrogens is 6. The standard InChI is InChI=1S/C29H33N9/c1-36-11-13-38(14-12-36)25-7-8-31-28-27(25)32-29(33-28)26-23-16-21(5-6-24(23)34-35-26)22-15-20(17-30-18-22)19-37-9-3-2-4-10-37/h5-8,15-18H,2-4,9-14,19H2,1H3,(H,34,35)(H,31,32,33). The van der Waals surface area contributed by atoms with Crippen LogP contribution >= 0.6 is 0 Å². The number of imidazole rings is 1. The van der Waals surface area contributed by atoms with Crippen LogP contribution in [-0.2, 0) is 6.54 Å². The number of hydrogen-bond acceptors (Lipinski definition) is 7. The maximum Gasteiger partial charge on any atom is 0.161 e. The van der Waals surface area contributed by atoms with Crippen LogP contribution in [0.5, 0.6) is 0 Å². The number of aromatic amines is 2. The predicted molar refractivity (Wildman–Crippen MR) is 151 cm³/mol. The fourth-order valence-electron chi connectivity index (χ4n) is 5.79. The third-order valence-electron chi connectivity index (χ3n) is 7.98. The third-order valence-corrected chi connectivity index (χ3v) is 7.98. The molecule has 2 aliphatic heterocycles. The summed E-state index contributed by atoms with van der Waals surface area (Å²) in [7, 11) is 2.17. The molecule has 0 aliphatic carbocycles. The second kappa shape index (κ2) is 9.81. The first-order valence-electron chi connectivity index (χ1n) is 13.6. The van der Waals surface area contributed by atoms with Gasteiger partial charge in [-0.15, -0.1) is 0 Å². The molecular formula is C29H33N9. The summed E-state index contributed by atoms with van der Waals surface area (Å²) in [4.78, 5) is 24.9. The molecule has 7 rings (SSSR count). The summed E-state index contributed by atoms with van der Waals surface area (Å²) in [5.41, 5.74) is 8.11. The Morgan fingerprint density at radius 1 is 0.895 bits per heavy atom. The van der Waals surface area contributed by atoms with Gasteiger partial charge in [-0.05, 0) is 68.4 Å². The van der Waals surface area contributed by atoms with Crippen LogP contribution in [0.4, 0.5) is 5.69 Å². The van der Waals surface area contributed by atoms with Crippen molar-refractivity contribution < 1.29 is 0 Å². The fourth-order valence-corrected chi connectivity index (χ4v) is 5.79. The summed E-state index contributed by atoms with van der Waals surface area (Å²) < 4.78 is 0. The van der Waals surface area contributed by atoms with Gasteiger partial charge < -0.3 is 14.8 Å². The van der Waals surface area contributed by atoms with Crippen LogP contribution in [0, 0.1) is 0 Å². The number of hydrogen-bond donors (Lipinski definition) is 2. The Hall–Kier alpha value is -3.82. The molecule has 0 amide bonds. The van der Waals surface area contributed by atoms with E-state index < -0.39 is 0 Å². The molecule has 2 saturated heterocycles. The zero-order valence-electron chi connectivity index (χ0n) is 21.8. The van der Waals surface area contributed by atoms with Crippen molar-refractivity contribution in [3.63, 3.8) is 0 Å². The van der Waals surface area contributed by atoms with Gasteiger partial charge in [-0.1, -0.05) is 12.5 Å². The highest BCUT2D eigenvalue weighted by Crippen LogP contribution is 2.32. The summed E-state index contributed by atoms with van der Waals surface area (Å²) in [5, 5.41) is 8.87. The topological polar surface area (TPSA) is 92.9 Å². The predicted octanol–water partition coefficient (Wildman–Crippen LogP) is 4.30.